The first-order valence-electron chi connectivity index (χ1n) is 7.17. The number of imide groups is 1. The second kappa shape index (κ2) is 8.50. The van der Waals surface area contributed by atoms with Crippen molar-refractivity contribution in [3.05, 3.63) is 35.9 Å². The molecular formula is C15H21ClN4O3. The van der Waals surface area contributed by atoms with Crippen LogP contribution in [0.25, 0.3) is 0 Å². The Morgan fingerprint density at radius 2 is 2.00 bits per heavy atom. The van der Waals surface area contributed by atoms with Gasteiger partial charge in [0.05, 0.1) is 12.5 Å². The minimum atomic E-state index is -0.423. The van der Waals surface area contributed by atoms with Crippen molar-refractivity contribution < 1.29 is 14.4 Å². The van der Waals surface area contributed by atoms with Crippen LogP contribution >= 0.6 is 12.4 Å². The Hall–Kier alpha value is -2.12. The summed E-state index contributed by atoms with van der Waals surface area (Å²) in [7, 11) is 0. The molecule has 2 atom stereocenters. The van der Waals surface area contributed by atoms with Crippen LogP contribution in [0.5, 0.6) is 0 Å². The zero-order valence-electron chi connectivity index (χ0n) is 12.8. The summed E-state index contributed by atoms with van der Waals surface area (Å²) in [5.41, 5.74) is 6.98. The van der Waals surface area contributed by atoms with Crippen LogP contribution in [0.15, 0.2) is 30.3 Å². The van der Waals surface area contributed by atoms with Gasteiger partial charge in [-0.05, 0) is 5.56 Å². The Balaban J connectivity index is 0.00000264. The monoisotopic (exact) mass is 340 g/mol. The lowest BCUT2D eigenvalue weighted by atomic mass is 9.95. The molecule has 1 aromatic rings. The van der Waals surface area contributed by atoms with Crippen molar-refractivity contribution in [1.29, 1.82) is 0 Å². The Bertz CT molecular complexity index is 551. The molecule has 7 nitrogen and oxygen atoms in total. The third-order valence-corrected chi connectivity index (χ3v) is 3.71. The molecule has 0 radical (unpaired) electrons. The number of hydrogen-bond donors (Lipinski definition) is 3. The molecule has 23 heavy (non-hydrogen) atoms. The van der Waals surface area contributed by atoms with Gasteiger partial charge in [0.1, 0.15) is 0 Å². The summed E-state index contributed by atoms with van der Waals surface area (Å²) in [6, 6.07) is 8.56. The van der Waals surface area contributed by atoms with Gasteiger partial charge in [-0.2, -0.15) is 0 Å². The number of urea groups is 1. The van der Waals surface area contributed by atoms with Gasteiger partial charge in [0, 0.05) is 19.1 Å². The van der Waals surface area contributed by atoms with Crippen LogP contribution in [0.3, 0.4) is 0 Å². The van der Waals surface area contributed by atoms with E-state index in [4.69, 9.17) is 5.73 Å². The normalized spacial score (nSPS) is 16.3. The van der Waals surface area contributed by atoms with Crippen molar-refractivity contribution >= 4 is 30.3 Å². The van der Waals surface area contributed by atoms with E-state index in [0.29, 0.717) is 0 Å². The standard InChI is InChI=1S/C15H20N4O3.ClH/c1-10(13(16)11-5-3-2-4-6-11)14(21)17-7-8-19-12(20)9-18-15(19)22;/h2-6,10,13H,7-9,16H2,1H3,(H,17,21)(H,18,22);1H. The van der Waals surface area contributed by atoms with Gasteiger partial charge in [-0.15, -0.1) is 12.4 Å². The van der Waals surface area contributed by atoms with Gasteiger partial charge >= 0.3 is 6.03 Å². The first kappa shape index (κ1) is 18.9. The van der Waals surface area contributed by atoms with Crippen LogP contribution in [0, 0.1) is 5.92 Å². The van der Waals surface area contributed by atoms with Crippen LogP contribution in [0.4, 0.5) is 4.79 Å². The average molecular weight is 341 g/mol. The Morgan fingerprint density at radius 1 is 1.35 bits per heavy atom. The number of nitrogens with two attached hydrogens (primary N) is 1. The summed E-state index contributed by atoms with van der Waals surface area (Å²) in [5, 5.41) is 5.13. The zero-order chi connectivity index (χ0) is 16.1. The van der Waals surface area contributed by atoms with Crippen molar-refractivity contribution in [2.75, 3.05) is 19.6 Å². The molecule has 2 rings (SSSR count). The maximum Gasteiger partial charge on any atom is 0.324 e. The number of carbonyl (C=O) groups is 3. The summed E-state index contributed by atoms with van der Waals surface area (Å²) >= 11 is 0. The molecule has 0 bridgehead atoms. The molecule has 0 saturated carbocycles. The van der Waals surface area contributed by atoms with Gasteiger partial charge in [0.15, 0.2) is 0 Å². The number of carbonyl (C=O) groups excluding carboxylic acids is 3. The molecule has 1 aliphatic heterocycles. The molecule has 1 heterocycles. The van der Waals surface area contributed by atoms with Gasteiger partial charge in [0.2, 0.25) is 11.8 Å². The van der Waals surface area contributed by atoms with Crippen LogP contribution in [-0.4, -0.2) is 42.4 Å². The van der Waals surface area contributed by atoms with E-state index in [0.717, 1.165) is 10.5 Å². The molecule has 1 fully saturated rings. The molecule has 1 aromatic carbocycles. The third-order valence-electron chi connectivity index (χ3n) is 3.71. The van der Waals surface area contributed by atoms with Crippen molar-refractivity contribution in [3.63, 3.8) is 0 Å². The highest BCUT2D eigenvalue weighted by atomic mass is 35.5. The fraction of sp³-hybridized carbons (Fsp3) is 0.400. The lowest BCUT2D eigenvalue weighted by molar-refractivity contribution is -0.127. The molecule has 126 valence electrons. The molecule has 0 aromatic heterocycles. The Morgan fingerprint density at radius 3 is 2.57 bits per heavy atom. The first-order valence-corrected chi connectivity index (χ1v) is 7.17. The number of rotatable bonds is 6. The molecule has 1 saturated heterocycles. The third kappa shape index (κ3) is 4.67. The van der Waals surface area contributed by atoms with Gasteiger partial charge < -0.3 is 16.4 Å². The molecule has 0 aliphatic carbocycles. The summed E-state index contributed by atoms with van der Waals surface area (Å²) in [4.78, 5) is 35.9. The van der Waals surface area contributed by atoms with Crippen LogP contribution in [-0.2, 0) is 9.59 Å². The summed E-state index contributed by atoms with van der Waals surface area (Å²) in [6.07, 6.45) is 0. The van der Waals surface area contributed by atoms with Gasteiger partial charge in [0.25, 0.3) is 0 Å². The minimum absolute atomic E-state index is 0. The van der Waals surface area contributed by atoms with E-state index in [1.54, 1.807) is 6.92 Å². The van der Waals surface area contributed by atoms with Crippen LogP contribution < -0.4 is 16.4 Å². The van der Waals surface area contributed by atoms with E-state index in [1.807, 2.05) is 30.3 Å². The quantitative estimate of drug-likeness (QED) is 0.652. The largest absolute Gasteiger partial charge is 0.354 e. The summed E-state index contributed by atoms with van der Waals surface area (Å²) < 4.78 is 0. The van der Waals surface area contributed by atoms with Gasteiger partial charge in [-0.1, -0.05) is 37.3 Å². The van der Waals surface area contributed by atoms with Crippen molar-refractivity contribution in [3.8, 4) is 0 Å². The highest BCUT2D eigenvalue weighted by Gasteiger charge is 2.28. The van der Waals surface area contributed by atoms with E-state index >= 15 is 0 Å². The first-order chi connectivity index (χ1) is 10.5. The predicted molar refractivity (Wildman–Crippen MR) is 87.9 cm³/mol. The van der Waals surface area contributed by atoms with Crippen molar-refractivity contribution in [2.45, 2.75) is 13.0 Å². The number of nitrogens with zero attached hydrogens (tertiary/aromatic N) is 1. The zero-order valence-corrected chi connectivity index (χ0v) is 13.6. The smallest absolute Gasteiger partial charge is 0.324 e. The predicted octanol–water partition coefficient (Wildman–Crippen LogP) is 0.412. The SMILES string of the molecule is CC(C(=O)NCCN1C(=O)CNC1=O)C(N)c1ccccc1.Cl. The second-order valence-electron chi connectivity index (χ2n) is 5.22. The average Bonchev–Trinajstić information content (AvgIpc) is 2.86. The molecule has 8 heteroatoms. The van der Waals surface area contributed by atoms with Crippen LogP contribution in [0.2, 0.25) is 0 Å². The van der Waals surface area contributed by atoms with Gasteiger partial charge in [-0.3, -0.25) is 14.5 Å². The van der Waals surface area contributed by atoms with E-state index in [-0.39, 0.29) is 43.9 Å². The Kier molecular flexibility index (Phi) is 6.99. The van der Waals surface area contributed by atoms with Crippen molar-refractivity contribution in [2.24, 2.45) is 11.7 Å². The number of benzene rings is 1. The van der Waals surface area contributed by atoms with Crippen molar-refractivity contribution in [1.82, 2.24) is 15.5 Å². The number of amides is 4. The number of hydrogen-bond acceptors (Lipinski definition) is 4. The minimum Gasteiger partial charge on any atom is -0.354 e. The fourth-order valence-corrected chi connectivity index (χ4v) is 2.26. The highest BCUT2D eigenvalue weighted by molar-refractivity contribution is 6.01. The lowest BCUT2D eigenvalue weighted by Gasteiger charge is -2.20. The summed E-state index contributed by atoms with van der Waals surface area (Å²) in [6.45, 7) is 2.14. The topological polar surface area (TPSA) is 105 Å². The number of nitrogens with one attached hydrogen (secondary N) is 2. The van der Waals surface area contributed by atoms with E-state index < -0.39 is 18.0 Å². The van der Waals surface area contributed by atoms with E-state index in [2.05, 4.69) is 10.6 Å². The molecule has 2 unspecified atom stereocenters. The maximum atomic E-state index is 12.1. The number of halogens is 1. The molecule has 0 spiro atoms. The lowest BCUT2D eigenvalue weighted by Crippen LogP contribution is -2.41. The molecular weight excluding hydrogens is 320 g/mol. The second-order valence-corrected chi connectivity index (χ2v) is 5.22. The van der Waals surface area contributed by atoms with Gasteiger partial charge in [-0.25, -0.2) is 4.79 Å². The maximum absolute atomic E-state index is 12.1. The molecule has 4 N–H and O–H groups in total. The molecule has 4 amide bonds. The molecule has 1 aliphatic rings. The highest BCUT2D eigenvalue weighted by Crippen LogP contribution is 2.18. The van der Waals surface area contributed by atoms with E-state index in [9.17, 15) is 14.4 Å². The van der Waals surface area contributed by atoms with E-state index in [1.165, 1.54) is 0 Å². The Labute approximate surface area is 141 Å². The summed E-state index contributed by atoms with van der Waals surface area (Å²) in [5.74, 6) is -0.901. The van der Waals surface area contributed by atoms with Crippen LogP contribution in [0.1, 0.15) is 18.5 Å². The fourth-order valence-electron chi connectivity index (χ4n) is 2.26.